The van der Waals surface area contributed by atoms with Crippen LogP contribution in [0.5, 0.6) is 11.5 Å². The van der Waals surface area contributed by atoms with Crippen molar-refractivity contribution in [2.45, 2.75) is 6.04 Å². The smallest absolute Gasteiger partial charge is 0.165 e. The summed E-state index contributed by atoms with van der Waals surface area (Å²) in [5.41, 5.74) is 6.62. The van der Waals surface area contributed by atoms with E-state index < -0.39 is 11.9 Å². The topological polar surface area (TPSA) is 44.5 Å². The lowest BCUT2D eigenvalue weighted by atomic mass is 10.1. The molecule has 0 amide bonds. The number of nitrogens with two attached hydrogens (primary N) is 1. The molecule has 1 atom stereocenters. The summed E-state index contributed by atoms with van der Waals surface area (Å²) in [6.45, 7) is 0.228. The van der Waals surface area contributed by atoms with Crippen LogP contribution in [0.1, 0.15) is 11.6 Å². The van der Waals surface area contributed by atoms with Gasteiger partial charge in [-0.1, -0.05) is 23.7 Å². The van der Waals surface area contributed by atoms with E-state index in [-0.39, 0.29) is 12.4 Å². The van der Waals surface area contributed by atoms with Crippen LogP contribution in [0.15, 0.2) is 42.5 Å². The highest BCUT2D eigenvalue weighted by atomic mass is 35.5. The van der Waals surface area contributed by atoms with Gasteiger partial charge in [0.25, 0.3) is 0 Å². The van der Waals surface area contributed by atoms with Gasteiger partial charge in [0.05, 0.1) is 13.2 Å². The Morgan fingerprint density at radius 2 is 2.05 bits per heavy atom. The highest BCUT2D eigenvalue weighted by Crippen LogP contribution is 2.22. The van der Waals surface area contributed by atoms with E-state index >= 15 is 0 Å². The lowest BCUT2D eigenvalue weighted by Crippen LogP contribution is -2.19. The fourth-order valence-corrected chi connectivity index (χ4v) is 1.93. The molecule has 0 bridgehead atoms. The second-order valence-electron chi connectivity index (χ2n) is 4.27. The van der Waals surface area contributed by atoms with Gasteiger partial charge in [0.15, 0.2) is 11.6 Å². The van der Waals surface area contributed by atoms with Crippen molar-refractivity contribution in [3.05, 3.63) is 58.9 Å². The van der Waals surface area contributed by atoms with Crippen LogP contribution in [-0.2, 0) is 0 Å². The molecule has 0 saturated heterocycles. The Bertz CT molecular complexity index is 592. The average molecular weight is 296 g/mol. The summed E-state index contributed by atoms with van der Waals surface area (Å²) in [6, 6.07) is 11.2. The number of rotatable bonds is 5. The molecule has 0 aliphatic heterocycles. The predicted octanol–water partition coefficient (Wildman–Crippen LogP) is 3.57. The van der Waals surface area contributed by atoms with Gasteiger partial charge in [-0.05, 0) is 35.9 Å². The summed E-state index contributed by atoms with van der Waals surface area (Å²) in [7, 11) is 1.42. The van der Waals surface area contributed by atoms with Gasteiger partial charge in [-0.3, -0.25) is 0 Å². The number of hydrogen-bond donors (Lipinski definition) is 1. The fraction of sp³-hybridized carbons (Fsp3) is 0.200. The Kier molecular flexibility index (Phi) is 4.82. The fourth-order valence-electron chi connectivity index (χ4n) is 1.75. The number of halogens is 2. The van der Waals surface area contributed by atoms with E-state index in [0.29, 0.717) is 16.3 Å². The number of hydrogen-bond acceptors (Lipinski definition) is 3. The summed E-state index contributed by atoms with van der Waals surface area (Å²) in [4.78, 5) is 0. The van der Waals surface area contributed by atoms with Crippen molar-refractivity contribution in [1.82, 2.24) is 0 Å². The third-order valence-electron chi connectivity index (χ3n) is 2.83. The molecule has 0 aliphatic carbocycles. The van der Waals surface area contributed by atoms with Crippen molar-refractivity contribution in [3.8, 4) is 11.5 Å². The second kappa shape index (κ2) is 6.59. The van der Waals surface area contributed by atoms with Crippen LogP contribution in [-0.4, -0.2) is 13.7 Å². The first-order valence-corrected chi connectivity index (χ1v) is 6.45. The normalized spacial score (nSPS) is 12.0. The number of methoxy groups -OCH3 is 1. The average Bonchev–Trinajstić information content (AvgIpc) is 2.44. The van der Waals surface area contributed by atoms with Gasteiger partial charge in [0.2, 0.25) is 0 Å². The molecule has 0 saturated carbocycles. The highest BCUT2D eigenvalue weighted by molar-refractivity contribution is 6.30. The Morgan fingerprint density at radius 3 is 2.70 bits per heavy atom. The Balaban J connectivity index is 2.01. The molecule has 0 heterocycles. The standard InChI is InChI=1S/C15H15ClFNO2/c1-19-15-6-5-10(7-13(15)17)14(18)9-20-12-4-2-3-11(16)8-12/h2-8,14H,9,18H2,1H3. The van der Waals surface area contributed by atoms with E-state index in [2.05, 4.69) is 0 Å². The van der Waals surface area contributed by atoms with Crippen molar-refractivity contribution in [1.29, 1.82) is 0 Å². The molecule has 0 fully saturated rings. The molecule has 0 spiro atoms. The van der Waals surface area contributed by atoms with E-state index in [1.165, 1.54) is 13.2 Å². The molecule has 2 N–H and O–H groups in total. The van der Waals surface area contributed by atoms with Gasteiger partial charge in [0, 0.05) is 5.02 Å². The summed E-state index contributed by atoms with van der Waals surface area (Å²) in [5.74, 6) is 0.377. The van der Waals surface area contributed by atoms with E-state index in [0.717, 1.165) is 0 Å². The Hall–Kier alpha value is -1.78. The van der Waals surface area contributed by atoms with Crippen LogP contribution >= 0.6 is 11.6 Å². The van der Waals surface area contributed by atoms with Crippen LogP contribution in [0.4, 0.5) is 4.39 Å². The largest absolute Gasteiger partial charge is 0.494 e. The summed E-state index contributed by atoms with van der Waals surface area (Å²) in [5, 5.41) is 0.589. The maximum Gasteiger partial charge on any atom is 0.165 e. The molecule has 0 aliphatic rings. The van der Waals surface area contributed by atoms with Gasteiger partial charge in [0.1, 0.15) is 12.4 Å². The van der Waals surface area contributed by atoms with E-state index in [9.17, 15) is 4.39 Å². The van der Waals surface area contributed by atoms with E-state index in [1.54, 1.807) is 36.4 Å². The van der Waals surface area contributed by atoms with Gasteiger partial charge in [-0.15, -0.1) is 0 Å². The molecular weight excluding hydrogens is 281 g/mol. The lowest BCUT2D eigenvalue weighted by Gasteiger charge is -2.14. The van der Waals surface area contributed by atoms with Gasteiger partial charge in [-0.2, -0.15) is 0 Å². The van der Waals surface area contributed by atoms with Crippen molar-refractivity contribution in [2.24, 2.45) is 5.73 Å². The first-order chi connectivity index (χ1) is 9.60. The predicted molar refractivity (Wildman–Crippen MR) is 76.8 cm³/mol. The molecule has 3 nitrogen and oxygen atoms in total. The van der Waals surface area contributed by atoms with Crippen LogP contribution in [0.2, 0.25) is 5.02 Å². The Morgan fingerprint density at radius 1 is 1.25 bits per heavy atom. The van der Waals surface area contributed by atoms with E-state index in [1.807, 2.05) is 0 Å². The van der Waals surface area contributed by atoms with Gasteiger partial charge < -0.3 is 15.2 Å². The monoisotopic (exact) mass is 295 g/mol. The SMILES string of the molecule is COc1ccc(C(N)COc2cccc(Cl)c2)cc1F. The Labute approximate surface area is 122 Å². The molecule has 0 aromatic heterocycles. The summed E-state index contributed by atoms with van der Waals surface area (Å²) < 4.78 is 24.0. The maximum atomic E-state index is 13.6. The third kappa shape index (κ3) is 3.62. The van der Waals surface area contributed by atoms with Gasteiger partial charge >= 0.3 is 0 Å². The molecule has 2 aromatic carbocycles. The number of benzene rings is 2. The van der Waals surface area contributed by atoms with Crippen LogP contribution in [0, 0.1) is 5.82 Å². The quantitative estimate of drug-likeness (QED) is 0.917. The summed E-state index contributed by atoms with van der Waals surface area (Å²) >= 11 is 5.86. The third-order valence-corrected chi connectivity index (χ3v) is 3.06. The molecule has 106 valence electrons. The molecule has 0 radical (unpaired) electrons. The van der Waals surface area contributed by atoms with Crippen LogP contribution in [0.3, 0.4) is 0 Å². The molecule has 1 unspecified atom stereocenters. The minimum absolute atomic E-state index is 0.191. The molecular formula is C15H15ClFNO2. The minimum Gasteiger partial charge on any atom is -0.494 e. The van der Waals surface area contributed by atoms with Crippen molar-refractivity contribution >= 4 is 11.6 Å². The first-order valence-electron chi connectivity index (χ1n) is 6.07. The first kappa shape index (κ1) is 14.6. The minimum atomic E-state index is -0.441. The van der Waals surface area contributed by atoms with Crippen molar-refractivity contribution in [2.75, 3.05) is 13.7 Å². The zero-order valence-corrected chi connectivity index (χ0v) is 11.7. The van der Waals surface area contributed by atoms with E-state index in [4.69, 9.17) is 26.8 Å². The van der Waals surface area contributed by atoms with Crippen molar-refractivity contribution in [3.63, 3.8) is 0 Å². The van der Waals surface area contributed by atoms with Crippen molar-refractivity contribution < 1.29 is 13.9 Å². The second-order valence-corrected chi connectivity index (χ2v) is 4.71. The summed E-state index contributed by atoms with van der Waals surface area (Å²) in [6.07, 6.45) is 0. The molecule has 5 heteroatoms. The number of ether oxygens (including phenoxy) is 2. The zero-order valence-electron chi connectivity index (χ0n) is 11.0. The zero-order chi connectivity index (χ0) is 14.5. The van der Waals surface area contributed by atoms with Gasteiger partial charge in [-0.25, -0.2) is 4.39 Å². The molecule has 2 rings (SSSR count). The lowest BCUT2D eigenvalue weighted by molar-refractivity contribution is 0.290. The van der Waals surface area contributed by atoms with Crippen LogP contribution in [0.25, 0.3) is 0 Å². The highest BCUT2D eigenvalue weighted by Gasteiger charge is 2.11. The maximum absolute atomic E-state index is 13.6. The van der Waals surface area contributed by atoms with Crippen LogP contribution < -0.4 is 15.2 Å². The molecule has 20 heavy (non-hydrogen) atoms. The molecule has 2 aromatic rings.